The lowest BCUT2D eigenvalue weighted by molar-refractivity contribution is 0.0844. The standard InChI is InChI=1S/C29H43N5O5S/c1-21(2)34-27-7-4-3-6-22(27)18-26(29(34)37)28(36)30-23-19-24-8-9-25(20-23)33(24)10-5-17-40(38,39)32-13-11-31(12-14-32)15-16-35/h3-4,6-7,18,21,23-25,35H,5,8-17,19-20H2,1-2H3,(H,30,36)/t23-,24-,25+. The van der Waals surface area contributed by atoms with Crippen molar-refractivity contribution in [2.45, 2.75) is 70.1 Å². The summed E-state index contributed by atoms with van der Waals surface area (Å²) < 4.78 is 29.1. The summed E-state index contributed by atoms with van der Waals surface area (Å²) in [7, 11) is -3.30. The molecule has 1 aromatic carbocycles. The van der Waals surface area contributed by atoms with Gasteiger partial charge in [-0.15, -0.1) is 0 Å². The lowest BCUT2D eigenvalue weighted by atomic mass is 9.96. The Balaban J connectivity index is 1.16. The number of aliphatic hydroxyl groups is 1. The van der Waals surface area contributed by atoms with Gasteiger partial charge in [0.2, 0.25) is 10.0 Å². The molecule has 40 heavy (non-hydrogen) atoms. The van der Waals surface area contributed by atoms with Crippen molar-refractivity contribution in [3.05, 3.63) is 46.2 Å². The molecule has 1 aromatic heterocycles. The number of aromatic nitrogens is 1. The zero-order valence-corrected chi connectivity index (χ0v) is 24.5. The molecule has 10 nitrogen and oxygen atoms in total. The number of fused-ring (bicyclic) bond motifs is 3. The third-order valence-corrected chi connectivity index (χ3v) is 10.8. The molecule has 2 N–H and O–H groups in total. The molecule has 3 saturated heterocycles. The molecule has 1 amide bonds. The number of sulfonamides is 1. The van der Waals surface area contributed by atoms with Crippen LogP contribution < -0.4 is 10.9 Å². The van der Waals surface area contributed by atoms with E-state index in [0.717, 1.165) is 43.1 Å². The number of hydrogen-bond donors (Lipinski definition) is 2. The van der Waals surface area contributed by atoms with Gasteiger partial charge < -0.3 is 15.0 Å². The molecular weight excluding hydrogens is 530 g/mol. The lowest BCUT2D eigenvalue weighted by Crippen LogP contribution is -2.52. The summed E-state index contributed by atoms with van der Waals surface area (Å²) in [6, 6.07) is 9.94. The average Bonchev–Trinajstić information content (AvgIpc) is 3.15. The molecule has 2 bridgehead atoms. The second kappa shape index (κ2) is 12.3. The Kier molecular flexibility index (Phi) is 8.96. The Morgan fingerprint density at radius 2 is 1.73 bits per heavy atom. The largest absolute Gasteiger partial charge is 0.395 e. The number of β-amino-alcohol motifs (C(OH)–C–C–N with tert-alkyl or cyclic N) is 1. The van der Waals surface area contributed by atoms with Gasteiger partial charge in [-0.25, -0.2) is 8.42 Å². The molecule has 2 aromatic rings. The van der Waals surface area contributed by atoms with Gasteiger partial charge in [0.05, 0.1) is 17.9 Å². The van der Waals surface area contributed by atoms with E-state index in [1.165, 1.54) is 0 Å². The number of piperazine rings is 1. The van der Waals surface area contributed by atoms with E-state index in [4.69, 9.17) is 5.11 Å². The minimum Gasteiger partial charge on any atom is -0.395 e. The van der Waals surface area contributed by atoms with Crippen molar-refractivity contribution < 1.29 is 18.3 Å². The van der Waals surface area contributed by atoms with E-state index in [-0.39, 0.29) is 41.5 Å². The van der Waals surface area contributed by atoms with Crippen LogP contribution in [-0.4, -0.2) is 108 Å². The Morgan fingerprint density at radius 1 is 1.05 bits per heavy atom. The van der Waals surface area contributed by atoms with Gasteiger partial charge in [-0.2, -0.15) is 4.31 Å². The van der Waals surface area contributed by atoms with Crippen LogP contribution in [0.3, 0.4) is 0 Å². The number of amides is 1. The summed E-state index contributed by atoms with van der Waals surface area (Å²) in [5.74, 6) is -0.166. The van der Waals surface area contributed by atoms with E-state index < -0.39 is 10.0 Å². The van der Waals surface area contributed by atoms with Gasteiger partial charge in [0.25, 0.3) is 11.5 Å². The maximum absolute atomic E-state index is 13.3. The molecule has 0 spiro atoms. The van der Waals surface area contributed by atoms with Crippen LogP contribution in [0.15, 0.2) is 35.1 Å². The lowest BCUT2D eigenvalue weighted by Gasteiger charge is -2.39. The maximum atomic E-state index is 13.3. The second-order valence-corrected chi connectivity index (χ2v) is 13.9. The van der Waals surface area contributed by atoms with Gasteiger partial charge in [-0.1, -0.05) is 18.2 Å². The van der Waals surface area contributed by atoms with Gasteiger partial charge in [0.1, 0.15) is 5.56 Å². The normalized spacial score (nSPS) is 24.6. The van der Waals surface area contributed by atoms with E-state index >= 15 is 0 Å². The maximum Gasteiger partial charge on any atom is 0.264 e. The van der Waals surface area contributed by atoms with E-state index in [1.54, 1.807) is 14.9 Å². The molecule has 4 heterocycles. The van der Waals surface area contributed by atoms with Crippen molar-refractivity contribution in [3.8, 4) is 0 Å². The Labute approximate surface area is 237 Å². The van der Waals surface area contributed by atoms with Crippen LogP contribution in [0, 0.1) is 0 Å². The fourth-order valence-corrected chi connectivity index (χ4v) is 8.38. The molecule has 3 aliphatic heterocycles. The predicted octanol–water partition coefficient (Wildman–Crippen LogP) is 1.64. The van der Waals surface area contributed by atoms with Gasteiger partial charge >= 0.3 is 0 Å². The summed E-state index contributed by atoms with van der Waals surface area (Å²) >= 11 is 0. The van der Waals surface area contributed by atoms with Gasteiger partial charge in [0.15, 0.2) is 0 Å². The zero-order chi connectivity index (χ0) is 28.4. The van der Waals surface area contributed by atoms with E-state index in [1.807, 2.05) is 38.1 Å². The van der Waals surface area contributed by atoms with Crippen molar-refractivity contribution in [3.63, 3.8) is 0 Å². The Morgan fingerprint density at radius 3 is 2.38 bits per heavy atom. The molecular formula is C29H43N5O5S. The van der Waals surface area contributed by atoms with Crippen LogP contribution in [0.4, 0.5) is 0 Å². The summed E-state index contributed by atoms with van der Waals surface area (Å²) in [6.07, 6.45) is 4.32. The highest BCUT2D eigenvalue weighted by Crippen LogP contribution is 2.36. The van der Waals surface area contributed by atoms with Crippen LogP contribution >= 0.6 is 0 Å². The number of para-hydroxylation sites is 1. The second-order valence-electron chi connectivity index (χ2n) is 11.8. The molecule has 3 atom stereocenters. The number of hydrogen-bond acceptors (Lipinski definition) is 7. The summed E-state index contributed by atoms with van der Waals surface area (Å²) in [4.78, 5) is 31.2. The predicted molar refractivity (Wildman–Crippen MR) is 156 cm³/mol. The van der Waals surface area contributed by atoms with Gasteiger partial charge in [0, 0.05) is 56.9 Å². The Bertz CT molecular complexity index is 1350. The van der Waals surface area contributed by atoms with Gasteiger partial charge in [-0.05, 0) is 70.0 Å². The van der Waals surface area contributed by atoms with Crippen molar-refractivity contribution >= 4 is 26.8 Å². The first kappa shape index (κ1) is 29.2. The number of carbonyl (C=O) groups is 1. The molecule has 0 saturated carbocycles. The van der Waals surface area contributed by atoms with Crippen LogP contribution in [0.1, 0.15) is 62.4 Å². The van der Waals surface area contributed by atoms with Crippen LogP contribution in [0.2, 0.25) is 0 Å². The number of rotatable bonds is 10. The first-order chi connectivity index (χ1) is 19.2. The quantitative estimate of drug-likeness (QED) is 0.444. The number of pyridine rings is 1. The van der Waals surface area contributed by atoms with E-state index in [0.29, 0.717) is 51.2 Å². The summed E-state index contributed by atoms with van der Waals surface area (Å²) in [5, 5.41) is 13.1. The fraction of sp³-hybridized carbons (Fsp3) is 0.655. The highest BCUT2D eigenvalue weighted by molar-refractivity contribution is 7.89. The Hall–Kier alpha value is -2.31. The van der Waals surface area contributed by atoms with E-state index in [9.17, 15) is 18.0 Å². The molecule has 11 heteroatoms. The molecule has 0 radical (unpaired) electrons. The number of aliphatic hydroxyl groups excluding tert-OH is 1. The van der Waals surface area contributed by atoms with Crippen LogP contribution in [0.25, 0.3) is 10.9 Å². The third kappa shape index (κ3) is 6.13. The minimum absolute atomic E-state index is 0.00132. The van der Waals surface area contributed by atoms with Crippen LogP contribution in [-0.2, 0) is 10.0 Å². The first-order valence-electron chi connectivity index (χ1n) is 14.7. The van der Waals surface area contributed by atoms with Crippen molar-refractivity contribution in [1.82, 2.24) is 24.0 Å². The molecule has 0 aliphatic carbocycles. The number of nitrogens with zero attached hydrogens (tertiary/aromatic N) is 4. The topological polar surface area (TPSA) is 115 Å². The van der Waals surface area contributed by atoms with Crippen molar-refractivity contribution in [2.75, 3.05) is 51.6 Å². The van der Waals surface area contributed by atoms with Crippen molar-refractivity contribution in [2.24, 2.45) is 0 Å². The average molecular weight is 574 g/mol. The first-order valence-corrected chi connectivity index (χ1v) is 16.3. The fourth-order valence-electron chi connectivity index (χ4n) is 6.91. The van der Waals surface area contributed by atoms with Crippen molar-refractivity contribution in [1.29, 1.82) is 0 Å². The summed E-state index contributed by atoms with van der Waals surface area (Å²) in [5.41, 5.74) is 0.753. The zero-order valence-electron chi connectivity index (χ0n) is 23.7. The molecule has 3 fully saturated rings. The number of nitrogens with one attached hydrogen (secondary N) is 1. The molecule has 3 aliphatic rings. The minimum atomic E-state index is -3.30. The van der Waals surface area contributed by atoms with Gasteiger partial charge in [-0.3, -0.25) is 19.4 Å². The summed E-state index contributed by atoms with van der Waals surface area (Å²) in [6.45, 7) is 7.61. The number of piperidine rings is 1. The SMILES string of the molecule is CC(C)n1c(=O)c(C(=O)N[C@@H]2C[C@H]3CC[C@@H](C2)N3CCCS(=O)(=O)N2CCN(CCO)CC2)cc2ccccc21. The molecule has 5 rings (SSSR count). The molecule has 220 valence electrons. The number of carbonyl (C=O) groups excluding carboxylic acids is 1. The number of benzene rings is 1. The monoisotopic (exact) mass is 573 g/mol. The third-order valence-electron chi connectivity index (χ3n) is 8.89. The highest BCUT2D eigenvalue weighted by Gasteiger charge is 2.41. The van der Waals surface area contributed by atoms with E-state index in [2.05, 4.69) is 15.1 Å². The van der Waals surface area contributed by atoms with Crippen LogP contribution in [0.5, 0.6) is 0 Å². The smallest absolute Gasteiger partial charge is 0.264 e. The highest BCUT2D eigenvalue weighted by atomic mass is 32.2. The molecule has 0 unspecified atom stereocenters.